The summed E-state index contributed by atoms with van der Waals surface area (Å²) < 4.78 is 39.7. The fourth-order valence-electron chi connectivity index (χ4n) is 1.91. The van der Waals surface area contributed by atoms with Crippen LogP contribution in [0, 0.1) is 5.82 Å². The second kappa shape index (κ2) is 5.64. The Kier molecular flexibility index (Phi) is 4.37. The lowest BCUT2D eigenvalue weighted by Gasteiger charge is -2.12. The largest absolute Gasteiger partial charge is 0.313 e. The normalized spacial score (nSPS) is 20.2. The first-order valence-corrected chi connectivity index (χ1v) is 7.95. The van der Waals surface area contributed by atoms with Gasteiger partial charge in [0.15, 0.2) is 0 Å². The summed E-state index contributed by atoms with van der Waals surface area (Å²) in [5, 5.41) is 3.21. The maximum atomic E-state index is 12.9. The van der Waals surface area contributed by atoms with Crippen LogP contribution < -0.4 is 10.0 Å². The minimum absolute atomic E-state index is 0.0573. The molecule has 1 heterocycles. The summed E-state index contributed by atoms with van der Waals surface area (Å²) in [5.41, 5.74) is 0. The molecule has 18 heavy (non-hydrogen) atoms. The maximum absolute atomic E-state index is 12.9. The Bertz CT molecular complexity index is 530. The van der Waals surface area contributed by atoms with E-state index < -0.39 is 15.8 Å². The summed E-state index contributed by atoms with van der Waals surface area (Å²) >= 11 is 3.06. The molecule has 4 nitrogen and oxygen atoms in total. The van der Waals surface area contributed by atoms with Gasteiger partial charge in [-0.15, -0.1) is 0 Å². The molecule has 0 aromatic heterocycles. The number of benzene rings is 1. The van der Waals surface area contributed by atoms with Crippen LogP contribution in [0.3, 0.4) is 0 Å². The molecule has 0 aliphatic carbocycles. The first-order valence-electron chi connectivity index (χ1n) is 5.67. The molecule has 0 amide bonds. The average molecular weight is 337 g/mol. The number of hydrogen-bond donors (Lipinski definition) is 2. The lowest BCUT2D eigenvalue weighted by Crippen LogP contribution is -2.37. The molecule has 0 radical (unpaired) electrons. The first-order chi connectivity index (χ1) is 8.49. The predicted molar refractivity (Wildman–Crippen MR) is 70.3 cm³/mol. The smallest absolute Gasteiger partial charge is 0.241 e. The Morgan fingerprint density at radius 2 is 2.28 bits per heavy atom. The van der Waals surface area contributed by atoms with Crippen LogP contribution in [0.25, 0.3) is 0 Å². The lowest BCUT2D eigenvalue weighted by atomic mass is 10.2. The van der Waals surface area contributed by atoms with Gasteiger partial charge in [0.25, 0.3) is 0 Å². The Morgan fingerprint density at radius 1 is 1.50 bits per heavy atom. The first kappa shape index (κ1) is 13.9. The SMILES string of the molecule is O=S(=O)(NCC1CCCN1)c1ccc(F)cc1Br. The standard InChI is InChI=1S/C11H14BrFN2O2S/c12-10-6-8(13)3-4-11(10)18(16,17)15-7-9-2-1-5-14-9/h3-4,6,9,14-15H,1-2,5,7H2. The van der Waals surface area contributed by atoms with Crippen LogP contribution in [-0.4, -0.2) is 27.5 Å². The zero-order valence-corrected chi connectivity index (χ0v) is 12.0. The lowest BCUT2D eigenvalue weighted by molar-refractivity contribution is 0.551. The van der Waals surface area contributed by atoms with Crippen molar-refractivity contribution in [3.63, 3.8) is 0 Å². The Balaban J connectivity index is 2.09. The van der Waals surface area contributed by atoms with Crippen molar-refractivity contribution >= 4 is 26.0 Å². The number of nitrogens with one attached hydrogen (secondary N) is 2. The zero-order chi connectivity index (χ0) is 13.2. The van der Waals surface area contributed by atoms with E-state index in [2.05, 4.69) is 26.0 Å². The highest BCUT2D eigenvalue weighted by Gasteiger charge is 2.21. The van der Waals surface area contributed by atoms with E-state index in [1.807, 2.05) is 0 Å². The van der Waals surface area contributed by atoms with Gasteiger partial charge < -0.3 is 5.32 Å². The highest BCUT2D eigenvalue weighted by molar-refractivity contribution is 9.10. The monoisotopic (exact) mass is 336 g/mol. The molecule has 7 heteroatoms. The molecule has 2 rings (SSSR count). The van der Waals surface area contributed by atoms with Crippen molar-refractivity contribution < 1.29 is 12.8 Å². The van der Waals surface area contributed by atoms with Crippen molar-refractivity contribution in [3.05, 3.63) is 28.5 Å². The summed E-state index contributed by atoms with van der Waals surface area (Å²) in [4.78, 5) is 0.0573. The van der Waals surface area contributed by atoms with E-state index in [-0.39, 0.29) is 15.4 Å². The van der Waals surface area contributed by atoms with Crippen LogP contribution in [-0.2, 0) is 10.0 Å². The minimum atomic E-state index is -3.60. The number of hydrogen-bond acceptors (Lipinski definition) is 3. The van der Waals surface area contributed by atoms with Crippen LogP contribution >= 0.6 is 15.9 Å². The van der Waals surface area contributed by atoms with Crippen molar-refractivity contribution in [3.8, 4) is 0 Å². The third kappa shape index (κ3) is 3.28. The highest BCUT2D eigenvalue weighted by Crippen LogP contribution is 2.22. The molecule has 1 unspecified atom stereocenters. The molecule has 1 aromatic carbocycles. The molecular formula is C11H14BrFN2O2S. The molecule has 100 valence electrons. The van der Waals surface area contributed by atoms with Gasteiger partial charge in [-0.25, -0.2) is 17.5 Å². The molecule has 1 aromatic rings. The third-order valence-corrected chi connectivity index (χ3v) is 5.27. The van der Waals surface area contributed by atoms with Gasteiger partial charge in [0.2, 0.25) is 10.0 Å². The van der Waals surface area contributed by atoms with Crippen molar-refractivity contribution in [2.24, 2.45) is 0 Å². The van der Waals surface area contributed by atoms with Gasteiger partial charge >= 0.3 is 0 Å². The molecule has 1 fully saturated rings. The van der Waals surface area contributed by atoms with Crippen molar-refractivity contribution in [1.29, 1.82) is 0 Å². The Labute approximate surface area is 114 Å². The van der Waals surface area contributed by atoms with Gasteiger partial charge in [-0.1, -0.05) is 0 Å². The van der Waals surface area contributed by atoms with Gasteiger partial charge in [0.1, 0.15) is 5.82 Å². The topological polar surface area (TPSA) is 58.2 Å². The molecule has 1 aliphatic rings. The van der Waals surface area contributed by atoms with Crippen LogP contribution in [0.1, 0.15) is 12.8 Å². The molecule has 1 atom stereocenters. The van der Waals surface area contributed by atoms with Gasteiger partial charge in [-0.05, 0) is 53.5 Å². The van der Waals surface area contributed by atoms with E-state index in [1.165, 1.54) is 6.07 Å². The molecule has 1 saturated heterocycles. The fourth-order valence-corrected chi connectivity index (χ4v) is 4.04. The van der Waals surface area contributed by atoms with Crippen molar-refractivity contribution in [1.82, 2.24) is 10.0 Å². The van der Waals surface area contributed by atoms with Gasteiger partial charge in [-0.2, -0.15) is 0 Å². The predicted octanol–water partition coefficient (Wildman–Crippen LogP) is 1.62. The number of sulfonamides is 1. The second-order valence-corrected chi connectivity index (χ2v) is 6.81. The molecule has 0 saturated carbocycles. The van der Waals surface area contributed by atoms with E-state index >= 15 is 0 Å². The van der Waals surface area contributed by atoms with E-state index in [0.717, 1.165) is 31.5 Å². The summed E-state index contributed by atoms with van der Waals surface area (Å²) in [6.07, 6.45) is 2.03. The van der Waals surface area contributed by atoms with Crippen LogP contribution in [0.15, 0.2) is 27.6 Å². The van der Waals surface area contributed by atoms with Crippen LogP contribution in [0.4, 0.5) is 4.39 Å². The van der Waals surface area contributed by atoms with Crippen molar-refractivity contribution in [2.75, 3.05) is 13.1 Å². The number of rotatable bonds is 4. The van der Waals surface area contributed by atoms with Gasteiger partial charge in [0.05, 0.1) is 4.90 Å². The third-order valence-electron chi connectivity index (χ3n) is 2.87. The highest BCUT2D eigenvalue weighted by atomic mass is 79.9. The number of halogens is 2. The molecule has 0 bridgehead atoms. The van der Waals surface area contributed by atoms with Crippen molar-refractivity contribution in [2.45, 2.75) is 23.8 Å². The second-order valence-electron chi connectivity index (χ2n) is 4.22. The van der Waals surface area contributed by atoms with E-state index in [1.54, 1.807) is 0 Å². The summed E-state index contributed by atoms with van der Waals surface area (Å²) in [7, 11) is -3.60. The zero-order valence-electron chi connectivity index (χ0n) is 9.62. The van der Waals surface area contributed by atoms with Crippen LogP contribution in [0.2, 0.25) is 0 Å². The van der Waals surface area contributed by atoms with E-state index in [0.29, 0.717) is 6.54 Å². The Morgan fingerprint density at radius 3 is 2.89 bits per heavy atom. The molecular weight excluding hydrogens is 323 g/mol. The molecule has 1 aliphatic heterocycles. The Hall–Kier alpha value is -0.500. The van der Waals surface area contributed by atoms with E-state index in [9.17, 15) is 12.8 Å². The average Bonchev–Trinajstić information content (AvgIpc) is 2.78. The summed E-state index contributed by atoms with van der Waals surface area (Å²) in [6, 6.07) is 3.71. The minimum Gasteiger partial charge on any atom is -0.313 e. The molecule has 2 N–H and O–H groups in total. The maximum Gasteiger partial charge on any atom is 0.241 e. The van der Waals surface area contributed by atoms with Gasteiger partial charge in [0, 0.05) is 17.1 Å². The summed E-state index contributed by atoms with van der Waals surface area (Å²) in [5.74, 6) is -0.474. The summed E-state index contributed by atoms with van der Waals surface area (Å²) in [6.45, 7) is 1.28. The van der Waals surface area contributed by atoms with Crippen LogP contribution in [0.5, 0.6) is 0 Å². The molecule has 0 spiro atoms. The fraction of sp³-hybridized carbons (Fsp3) is 0.455. The quantitative estimate of drug-likeness (QED) is 0.878. The van der Waals surface area contributed by atoms with E-state index in [4.69, 9.17) is 0 Å². The van der Waals surface area contributed by atoms with Gasteiger partial charge in [-0.3, -0.25) is 0 Å².